The molecule has 134 valence electrons. The first kappa shape index (κ1) is 19.3. The van der Waals surface area contributed by atoms with Crippen LogP contribution in [0.4, 0.5) is 0 Å². The maximum Gasteiger partial charge on any atom is 0.235 e. The van der Waals surface area contributed by atoms with E-state index >= 15 is 0 Å². The molecule has 1 N–H and O–H groups in total. The van der Waals surface area contributed by atoms with Crippen molar-refractivity contribution in [3.05, 3.63) is 64.7 Å². The van der Waals surface area contributed by atoms with E-state index in [-0.39, 0.29) is 18.9 Å². The second-order valence-corrected chi connectivity index (χ2v) is 8.11. The van der Waals surface area contributed by atoms with Crippen LogP contribution >= 0.6 is 11.6 Å². The third-order valence-electron chi connectivity index (χ3n) is 3.37. The van der Waals surface area contributed by atoms with Gasteiger partial charge in [-0.1, -0.05) is 41.9 Å². The number of carbonyl (C=O) groups is 1. The topological polar surface area (TPSA) is 72.5 Å². The van der Waals surface area contributed by atoms with E-state index in [1.54, 1.807) is 24.3 Å². The summed E-state index contributed by atoms with van der Waals surface area (Å²) in [6.45, 7) is 2.45. The fourth-order valence-electron chi connectivity index (χ4n) is 2.22. The van der Waals surface area contributed by atoms with Crippen molar-refractivity contribution in [3.8, 4) is 5.75 Å². The first-order valence-corrected chi connectivity index (χ1v) is 9.96. The van der Waals surface area contributed by atoms with Crippen LogP contribution in [0.3, 0.4) is 0 Å². The van der Waals surface area contributed by atoms with Crippen LogP contribution in [0, 0.1) is 6.92 Å². The van der Waals surface area contributed by atoms with Gasteiger partial charge in [-0.05, 0) is 36.2 Å². The highest BCUT2D eigenvalue weighted by Gasteiger charge is 2.18. The summed E-state index contributed by atoms with van der Waals surface area (Å²) in [6, 6.07) is 14.2. The van der Waals surface area contributed by atoms with Gasteiger partial charge in [-0.25, -0.2) is 8.42 Å². The molecule has 0 heterocycles. The zero-order valence-corrected chi connectivity index (χ0v) is 15.4. The number of sulfone groups is 1. The van der Waals surface area contributed by atoms with Gasteiger partial charge in [0, 0.05) is 5.02 Å². The highest BCUT2D eigenvalue weighted by Crippen LogP contribution is 2.18. The van der Waals surface area contributed by atoms with Crippen molar-refractivity contribution in [1.29, 1.82) is 0 Å². The van der Waals surface area contributed by atoms with Crippen LogP contribution in [-0.2, 0) is 20.4 Å². The van der Waals surface area contributed by atoms with Gasteiger partial charge in [-0.3, -0.25) is 4.79 Å². The zero-order valence-electron chi connectivity index (χ0n) is 13.9. The number of rotatable bonds is 8. The fourth-order valence-corrected chi connectivity index (χ4v) is 3.83. The van der Waals surface area contributed by atoms with E-state index in [0.29, 0.717) is 16.3 Å². The molecule has 0 saturated carbocycles. The molecule has 0 spiro atoms. The summed E-state index contributed by atoms with van der Waals surface area (Å²) in [5.74, 6) is -0.691. The third-order valence-corrected chi connectivity index (χ3v) is 5.19. The number of ether oxygens (including phenoxy) is 1. The van der Waals surface area contributed by atoms with Crippen LogP contribution in [0.2, 0.25) is 5.02 Å². The van der Waals surface area contributed by atoms with Crippen molar-refractivity contribution in [2.24, 2.45) is 0 Å². The molecule has 0 radical (unpaired) electrons. The smallest absolute Gasteiger partial charge is 0.235 e. The van der Waals surface area contributed by atoms with E-state index in [4.69, 9.17) is 16.3 Å². The second kappa shape index (κ2) is 8.87. The molecule has 0 fully saturated rings. The number of benzene rings is 2. The first-order chi connectivity index (χ1) is 11.9. The van der Waals surface area contributed by atoms with Crippen LogP contribution < -0.4 is 10.1 Å². The van der Waals surface area contributed by atoms with Crippen LogP contribution in [0.25, 0.3) is 0 Å². The molecule has 2 aromatic rings. The summed E-state index contributed by atoms with van der Waals surface area (Å²) in [4.78, 5) is 11.8. The fraction of sp³-hybridized carbons (Fsp3) is 0.278. The van der Waals surface area contributed by atoms with Gasteiger partial charge >= 0.3 is 0 Å². The highest BCUT2D eigenvalue weighted by atomic mass is 35.5. The van der Waals surface area contributed by atoms with Crippen LogP contribution in [0.15, 0.2) is 48.5 Å². The van der Waals surface area contributed by atoms with Gasteiger partial charge in [0.2, 0.25) is 5.91 Å². The minimum atomic E-state index is -3.59. The molecular weight excluding hydrogens is 362 g/mol. The van der Waals surface area contributed by atoms with Gasteiger partial charge in [0.15, 0.2) is 9.84 Å². The third kappa shape index (κ3) is 6.76. The van der Waals surface area contributed by atoms with Gasteiger partial charge in [0.05, 0.1) is 12.3 Å². The Kier molecular flexibility index (Phi) is 6.84. The quantitative estimate of drug-likeness (QED) is 0.713. The highest BCUT2D eigenvalue weighted by molar-refractivity contribution is 7.91. The number of halogens is 1. The predicted molar refractivity (Wildman–Crippen MR) is 98.6 cm³/mol. The second-order valence-electron chi connectivity index (χ2n) is 5.64. The van der Waals surface area contributed by atoms with Crippen LogP contribution in [0.5, 0.6) is 5.75 Å². The first-order valence-electron chi connectivity index (χ1n) is 7.76. The Balaban J connectivity index is 1.76. The van der Waals surface area contributed by atoms with Crippen molar-refractivity contribution >= 4 is 27.3 Å². The Bertz CT molecular complexity index is 836. The molecular formula is C18H20ClNO4S. The molecule has 0 atom stereocenters. The Morgan fingerprint density at radius 2 is 1.92 bits per heavy atom. The lowest BCUT2D eigenvalue weighted by atomic mass is 10.2. The summed E-state index contributed by atoms with van der Waals surface area (Å²) in [7, 11) is -3.59. The number of nitrogens with one attached hydrogen (secondary N) is 1. The number of amides is 1. The van der Waals surface area contributed by atoms with E-state index in [0.717, 1.165) is 5.56 Å². The van der Waals surface area contributed by atoms with Gasteiger partial charge < -0.3 is 10.1 Å². The average molecular weight is 382 g/mol. The van der Waals surface area contributed by atoms with E-state index in [1.165, 1.54) is 0 Å². The summed E-state index contributed by atoms with van der Waals surface area (Å²) in [6.07, 6.45) is 0. The van der Waals surface area contributed by atoms with Crippen LogP contribution in [0.1, 0.15) is 11.1 Å². The number of aryl methyl sites for hydroxylation is 1. The van der Waals surface area contributed by atoms with E-state index < -0.39 is 21.5 Å². The largest absolute Gasteiger partial charge is 0.492 e. The summed E-state index contributed by atoms with van der Waals surface area (Å²) in [5, 5.41) is 2.92. The molecule has 5 nitrogen and oxygen atoms in total. The minimum absolute atomic E-state index is 0.231. The van der Waals surface area contributed by atoms with Gasteiger partial charge in [-0.15, -0.1) is 0 Å². The molecule has 0 unspecified atom stereocenters. The van der Waals surface area contributed by atoms with Gasteiger partial charge in [0.1, 0.15) is 18.1 Å². The molecule has 0 aromatic heterocycles. The Morgan fingerprint density at radius 3 is 2.64 bits per heavy atom. The standard InChI is InChI=1S/C18H20ClNO4S/c1-14-5-4-7-16(11-14)24-10-9-20-18(21)13-25(22,23)12-15-6-2-3-8-17(15)19/h2-8,11H,9-10,12-13H2,1H3,(H,20,21). The predicted octanol–water partition coefficient (Wildman–Crippen LogP) is 2.76. The molecule has 0 bridgehead atoms. The van der Waals surface area contributed by atoms with Crippen molar-refractivity contribution in [3.63, 3.8) is 0 Å². The number of hydrogen-bond acceptors (Lipinski definition) is 4. The van der Waals surface area contributed by atoms with Crippen molar-refractivity contribution in [1.82, 2.24) is 5.32 Å². The maximum absolute atomic E-state index is 12.1. The van der Waals surface area contributed by atoms with E-state index in [9.17, 15) is 13.2 Å². The monoisotopic (exact) mass is 381 g/mol. The average Bonchev–Trinajstić information content (AvgIpc) is 2.53. The molecule has 2 aromatic carbocycles. The molecule has 7 heteroatoms. The Hall–Kier alpha value is -2.05. The summed E-state index contributed by atoms with van der Waals surface area (Å²) >= 11 is 5.96. The van der Waals surface area contributed by atoms with Crippen LogP contribution in [-0.4, -0.2) is 33.2 Å². The lowest BCUT2D eigenvalue weighted by Crippen LogP contribution is -2.33. The molecule has 0 saturated heterocycles. The Morgan fingerprint density at radius 1 is 1.16 bits per heavy atom. The number of hydrogen-bond donors (Lipinski definition) is 1. The lowest BCUT2D eigenvalue weighted by molar-refractivity contribution is -0.118. The minimum Gasteiger partial charge on any atom is -0.492 e. The molecule has 25 heavy (non-hydrogen) atoms. The molecule has 0 aliphatic carbocycles. The van der Waals surface area contributed by atoms with Crippen molar-refractivity contribution in [2.75, 3.05) is 18.9 Å². The van der Waals surface area contributed by atoms with Crippen molar-refractivity contribution < 1.29 is 17.9 Å². The van der Waals surface area contributed by atoms with E-state index in [1.807, 2.05) is 31.2 Å². The Labute approximate surface area is 152 Å². The van der Waals surface area contributed by atoms with E-state index in [2.05, 4.69) is 5.32 Å². The van der Waals surface area contributed by atoms with Crippen molar-refractivity contribution in [2.45, 2.75) is 12.7 Å². The summed E-state index contributed by atoms with van der Waals surface area (Å²) in [5.41, 5.74) is 1.56. The SMILES string of the molecule is Cc1cccc(OCCNC(=O)CS(=O)(=O)Cc2ccccc2Cl)c1. The lowest BCUT2D eigenvalue weighted by Gasteiger charge is -2.09. The molecule has 0 aliphatic heterocycles. The molecule has 1 amide bonds. The molecule has 0 aliphatic rings. The maximum atomic E-state index is 12.1. The normalized spacial score (nSPS) is 11.1. The zero-order chi connectivity index (χ0) is 18.3. The van der Waals surface area contributed by atoms with Gasteiger partial charge in [0.25, 0.3) is 0 Å². The van der Waals surface area contributed by atoms with Gasteiger partial charge in [-0.2, -0.15) is 0 Å². The molecule has 2 rings (SSSR count). The number of carbonyl (C=O) groups excluding carboxylic acids is 1. The summed E-state index contributed by atoms with van der Waals surface area (Å²) < 4.78 is 29.7.